The van der Waals surface area contributed by atoms with Crippen LogP contribution in [-0.4, -0.2) is 38.7 Å². The molecule has 10 heteroatoms. The lowest BCUT2D eigenvalue weighted by atomic mass is 10.2. The number of halogens is 1. The van der Waals surface area contributed by atoms with Gasteiger partial charge in [0.25, 0.3) is 0 Å². The minimum atomic E-state index is -0.198. The highest BCUT2D eigenvalue weighted by molar-refractivity contribution is 6.29. The molecule has 0 aliphatic carbocycles. The summed E-state index contributed by atoms with van der Waals surface area (Å²) in [7, 11) is 1.51. The first-order valence-electron chi connectivity index (χ1n) is 8.58. The molecule has 3 rings (SSSR count). The number of benzene rings is 1. The van der Waals surface area contributed by atoms with Crippen LogP contribution in [0.2, 0.25) is 5.15 Å². The van der Waals surface area contributed by atoms with Gasteiger partial charge in [-0.15, -0.1) is 10.2 Å². The van der Waals surface area contributed by atoms with Gasteiger partial charge in [0.1, 0.15) is 10.9 Å². The summed E-state index contributed by atoms with van der Waals surface area (Å²) in [5.74, 6) is 0.759. The molecule has 0 fully saturated rings. The van der Waals surface area contributed by atoms with Gasteiger partial charge in [0.2, 0.25) is 11.8 Å². The molecule has 2 N–H and O–H groups in total. The SMILES string of the molecule is COc1ccc(NC(C)=O)cc1NC(=O)CCCc1nnc2ccc(Cl)nn12. The Morgan fingerprint density at radius 3 is 2.75 bits per heavy atom. The van der Waals surface area contributed by atoms with Gasteiger partial charge < -0.3 is 15.4 Å². The lowest BCUT2D eigenvalue weighted by Gasteiger charge is -2.12. The number of hydrogen-bond acceptors (Lipinski definition) is 6. The van der Waals surface area contributed by atoms with E-state index in [1.807, 2.05) is 0 Å². The van der Waals surface area contributed by atoms with Gasteiger partial charge in [-0.25, -0.2) is 0 Å². The molecule has 0 aliphatic rings. The van der Waals surface area contributed by atoms with Gasteiger partial charge in [-0.2, -0.15) is 9.61 Å². The van der Waals surface area contributed by atoms with E-state index in [9.17, 15) is 9.59 Å². The molecule has 0 atom stereocenters. The van der Waals surface area contributed by atoms with Crippen molar-refractivity contribution in [2.75, 3.05) is 17.7 Å². The number of nitrogens with one attached hydrogen (secondary N) is 2. The number of amides is 2. The number of aromatic nitrogens is 4. The minimum absolute atomic E-state index is 0.182. The molecular formula is C18H19ClN6O3. The van der Waals surface area contributed by atoms with Crippen molar-refractivity contribution in [3.05, 3.63) is 41.3 Å². The summed E-state index contributed by atoms with van der Waals surface area (Å²) in [6.07, 6.45) is 1.34. The highest BCUT2D eigenvalue weighted by atomic mass is 35.5. The van der Waals surface area contributed by atoms with Crippen molar-refractivity contribution in [1.29, 1.82) is 0 Å². The second kappa shape index (κ2) is 8.66. The molecule has 9 nitrogen and oxygen atoms in total. The molecule has 146 valence electrons. The number of rotatable bonds is 7. The highest BCUT2D eigenvalue weighted by Gasteiger charge is 2.11. The molecular weight excluding hydrogens is 384 g/mol. The number of anilines is 2. The third-order valence-electron chi connectivity index (χ3n) is 3.89. The van der Waals surface area contributed by atoms with Crippen LogP contribution in [-0.2, 0) is 16.0 Å². The summed E-state index contributed by atoms with van der Waals surface area (Å²) < 4.78 is 6.83. The van der Waals surface area contributed by atoms with Crippen molar-refractivity contribution in [3.8, 4) is 5.75 Å². The summed E-state index contributed by atoms with van der Waals surface area (Å²) in [6, 6.07) is 8.40. The third-order valence-corrected chi connectivity index (χ3v) is 4.09. The second-order valence-corrected chi connectivity index (χ2v) is 6.43. The summed E-state index contributed by atoms with van der Waals surface area (Å²) in [4.78, 5) is 23.5. The van der Waals surface area contributed by atoms with Crippen LogP contribution < -0.4 is 15.4 Å². The van der Waals surface area contributed by atoms with Crippen LogP contribution in [0.5, 0.6) is 5.75 Å². The van der Waals surface area contributed by atoms with E-state index in [1.165, 1.54) is 14.0 Å². The Bertz CT molecular complexity index is 1020. The minimum Gasteiger partial charge on any atom is -0.495 e. The Balaban J connectivity index is 1.61. The van der Waals surface area contributed by atoms with Crippen LogP contribution in [0.1, 0.15) is 25.6 Å². The summed E-state index contributed by atoms with van der Waals surface area (Å²) >= 11 is 5.91. The second-order valence-electron chi connectivity index (χ2n) is 6.04. The predicted molar refractivity (Wildman–Crippen MR) is 105 cm³/mol. The average molecular weight is 403 g/mol. The fourth-order valence-corrected chi connectivity index (χ4v) is 2.81. The van der Waals surface area contributed by atoms with Crippen LogP contribution in [0.15, 0.2) is 30.3 Å². The molecule has 2 aromatic heterocycles. The number of ether oxygens (including phenoxy) is 1. The van der Waals surface area contributed by atoms with Crippen LogP contribution in [0.25, 0.3) is 5.65 Å². The van der Waals surface area contributed by atoms with Gasteiger partial charge in [0, 0.05) is 25.5 Å². The first-order valence-corrected chi connectivity index (χ1v) is 8.96. The maximum atomic E-state index is 12.3. The van der Waals surface area contributed by atoms with Crippen molar-refractivity contribution in [1.82, 2.24) is 19.8 Å². The molecule has 28 heavy (non-hydrogen) atoms. The van der Waals surface area contributed by atoms with Gasteiger partial charge in [-0.05, 0) is 36.8 Å². The standard InChI is InChI=1S/C18H19ClN6O3/c1-11(26)20-12-6-7-14(28-2)13(10-12)21-18(27)5-3-4-16-22-23-17-9-8-15(19)24-25(16)17/h6-10H,3-5H2,1-2H3,(H,20,26)(H,21,27). The van der Waals surface area contributed by atoms with Gasteiger partial charge in [-0.1, -0.05) is 11.6 Å². The van der Waals surface area contributed by atoms with E-state index < -0.39 is 0 Å². The molecule has 2 heterocycles. The zero-order valence-electron chi connectivity index (χ0n) is 15.4. The number of hydrogen-bond donors (Lipinski definition) is 2. The average Bonchev–Trinajstić information content (AvgIpc) is 3.04. The molecule has 0 saturated heterocycles. The topological polar surface area (TPSA) is 111 Å². The summed E-state index contributed by atoms with van der Waals surface area (Å²) in [6.45, 7) is 1.42. The van der Waals surface area contributed by atoms with Crippen molar-refractivity contribution in [2.45, 2.75) is 26.2 Å². The molecule has 0 unspecified atom stereocenters. The Kier molecular flexibility index (Phi) is 6.05. The van der Waals surface area contributed by atoms with Crippen LogP contribution in [0, 0.1) is 0 Å². The lowest BCUT2D eigenvalue weighted by molar-refractivity contribution is -0.116. The van der Waals surface area contributed by atoms with E-state index in [0.717, 1.165) is 0 Å². The number of carbonyl (C=O) groups is 2. The fourth-order valence-electron chi connectivity index (χ4n) is 2.67. The first kappa shape index (κ1) is 19.6. The number of fused-ring (bicyclic) bond motifs is 1. The zero-order valence-corrected chi connectivity index (χ0v) is 16.2. The molecule has 2 amide bonds. The van der Waals surface area contributed by atoms with Crippen molar-refractivity contribution in [3.63, 3.8) is 0 Å². The Morgan fingerprint density at radius 1 is 1.18 bits per heavy atom. The molecule has 1 aromatic carbocycles. The maximum Gasteiger partial charge on any atom is 0.224 e. The molecule has 0 bridgehead atoms. The van der Waals surface area contributed by atoms with Crippen molar-refractivity contribution < 1.29 is 14.3 Å². The van der Waals surface area contributed by atoms with E-state index >= 15 is 0 Å². The van der Waals surface area contributed by atoms with E-state index in [4.69, 9.17) is 16.3 Å². The van der Waals surface area contributed by atoms with E-state index in [2.05, 4.69) is 25.9 Å². The molecule has 0 aliphatic heterocycles. The number of aryl methyl sites for hydroxylation is 1. The van der Waals surface area contributed by atoms with Crippen LogP contribution in [0.3, 0.4) is 0 Å². The predicted octanol–water partition coefficient (Wildman–Crippen LogP) is 2.71. The van der Waals surface area contributed by atoms with Gasteiger partial charge in [0.05, 0.1) is 12.8 Å². The van der Waals surface area contributed by atoms with E-state index in [-0.39, 0.29) is 18.2 Å². The van der Waals surface area contributed by atoms with Crippen LogP contribution in [0.4, 0.5) is 11.4 Å². The fraction of sp³-hybridized carbons (Fsp3) is 0.278. The van der Waals surface area contributed by atoms with Gasteiger partial charge in [0.15, 0.2) is 11.5 Å². The number of nitrogens with zero attached hydrogens (tertiary/aromatic N) is 4. The molecule has 0 radical (unpaired) electrons. The first-order chi connectivity index (χ1) is 13.5. The third kappa shape index (κ3) is 4.74. The van der Waals surface area contributed by atoms with Crippen LogP contribution >= 0.6 is 11.6 Å². The summed E-state index contributed by atoms with van der Waals surface area (Å²) in [5.41, 5.74) is 1.66. The van der Waals surface area contributed by atoms with E-state index in [1.54, 1.807) is 34.8 Å². The quantitative estimate of drug-likeness (QED) is 0.628. The molecule has 0 spiro atoms. The van der Waals surface area contributed by atoms with Crippen molar-refractivity contribution >= 4 is 40.4 Å². The summed E-state index contributed by atoms with van der Waals surface area (Å²) in [5, 5.41) is 18.1. The van der Waals surface area contributed by atoms with Gasteiger partial charge >= 0.3 is 0 Å². The zero-order chi connectivity index (χ0) is 20.1. The highest BCUT2D eigenvalue weighted by Crippen LogP contribution is 2.28. The Morgan fingerprint density at radius 2 is 2.00 bits per heavy atom. The van der Waals surface area contributed by atoms with Crippen molar-refractivity contribution in [2.24, 2.45) is 0 Å². The monoisotopic (exact) mass is 402 g/mol. The lowest BCUT2D eigenvalue weighted by Crippen LogP contribution is -2.13. The smallest absolute Gasteiger partial charge is 0.224 e. The molecule has 3 aromatic rings. The van der Waals surface area contributed by atoms with E-state index in [0.29, 0.717) is 46.6 Å². The number of methoxy groups -OCH3 is 1. The van der Waals surface area contributed by atoms with Gasteiger partial charge in [-0.3, -0.25) is 9.59 Å². The molecule has 0 saturated carbocycles. The normalized spacial score (nSPS) is 10.7. The number of carbonyl (C=O) groups excluding carboxylic acids is 2. The Hall–Kier alpha value is -3.20. The Labute approximate surface area is 166 Å². The largest absolute Gasteiger partial charge is 0.495 e. The maximum absolute atomic E-state index is 12.3.